The number of nitrogens with zero attached hydrogens (tertiary/aromatic N) is 3. The molecule has 2 N–H and O–H groups in total. The molecule has 3 rings (SSSR count). The van der Waals surface area contributed by atoms with Gasteiger partial charge in [0.05, 0.1) is 12.1 Å². The summed E-state index contributed by atoms with van der Waals surface area (Å²) < 4.78 is 0. The normalized spacial score (nSPS) is 15.1. The third kappa shape index (κ3) is 7.19. The zero-order valence-electron chi connectivity index (χ0n) is 17.8. The molecule has 1 aliphatic rings. The molecule has 30 heavy (non-hydrogen) atoms. The van der Waals surface area contributed by atoms with Crippen molar-refractivity contribution in [3.63, 3.8) is 0 Å². The molecule has 0 radical (unpaired) electrons. The van der Waals surface area contributed by atoms with E-state index in [1.54, 1.807) is 11.3 Å². The van der Waals surface area contributed by atoms with Gasteiger partial charge in [-0.15, -0.1) is 11.3 Å². The Hall–Kier alpha value is -2.29. The Morgan fingerprint density at radius 1 is 1.07 bits per heavy atom. The summed E-state index contributed by atoms with van der Waals surface area (Å²) in [5.41, 5.74) is 3.19. The lowest BCUT2D eigenvalue weighted by Crippen LogP contribution is -2.43. The number of carbonyl (C=O) groups excluding carboxylic acids is 2. The molecule has 0 bridgehead atoms. The Labute approximate surface area is 182 Å². The van der Waals surface area contributed by atoms with Crippen molar-refractivity contribution < 1.29 is 9.59 Å². The molecule has 1 fully saturated rings. The van der Waals surface area contributed by atoms with Gasteiger partial charge >= 0.3 is 0 Å². The standard InChI is InChI=1S/C22H31N5O2S/c1-17(28)23-8-3-9-24-21(29)14-20-16-30-22(25-20)19-6-4-18(5-7-19)15-27-12-10-26(2)11-13-27/h4-7,16H,3,8-15H2,1-2H3,(H,23,28)(H,24,29). The van der Waals surface area contributed by atoms with Crippen LogP contribution in [-0.2, 0) is 22.6 Å². The number of nitrogens with one attached hydrogen (secondary N) is 2. The van der Waals surface area contributed by atoms with Crippen molar-refractivity contribution in [2.75, 3.05) is 46.3 Å². The predicted octanol–water partition coefficient (Wildman–Crippen LogP) is 1.74. The highest BCUT2D eigenvalue weighted by atomic mass is 32.1. The minimum Gasteiger partial charge on any atom is -0.356 e. The summed E-state index contributed by atoms with van der Waals surface area (Å²) in [5, 5.41) is 8.47. The van der Waals surface area contributed by atoms with Gasteiger partial charge in [-0.1, -0.05) is 24.3 Å². The zero-order valence-corrected chi connectivity index (χ0v) is 18.6. The minimum absolute atomic E-state index is 0.0443. The number of hydrogen-bond acceptors (Lipinski definition) is 6. The first-order valence-corrected chi connectivity index (χ1v) is 11.3. The molecule has 1 aromatic carbocycles. The van der Waals surface area contributed by atoms with E-state index in [9.17, 15) is 9.59 Å². The number of carbonyl (C=O) groups is 2. The van der Waals surface area contributed by atoms with E-state index in [2.05, 4.69) is 56.7 Å². The quantitative estimate of drug-likeness (QED) is 0.594. The maximum atomic E-state index is 12.1. The lowest BCUT2D eigenvalue weighted by Gasteiger charge is -2.32. The Kier molecular flexibility index (Phi) is 8.36. The van der Waals surface area contributed by atoms with Gasteiger partial charge in [0, 0.05) is 63.7 Å². The minimum atomic E-state index is -0.0521. The van der Waals surface area contributed by atoms with Crippen LogP contribution >= 0.6 is 11.3 Å². The third-order valence-corrected chi connectivity index (χ3v) is 6.09. The molecule has 7 nitrogen and oxygen atoms in total. The maximum absolute atomic E-state index is 12.1. The van der Waals surface area contributed by atoms with Crippen LogP contribution in [0.1, 0.15) is 24.6 Å². The topological polar surface area (TPSA) is 77.6 Å². The van der Waals surface area contributed by atoms with Crippen LogP contribution in [0.4, 0.5) is 0 Å². The van der Waals surface area contributed by atoms with Gasteiger partial charge in [-0.2, -0.15) is 0 Å². The number of aromatic nitrogens is 1. The van der Waals surface area contributed by atoms with Crippen molar-refractivity contribution in [2.24, 2.45) is 0 Å². The van der Waals surface area contributed by atoms with Crippen LogP contribution in [0.15, 0.2) is 29.6 Å². The van der Waals surface area contributed by atoms with Gasteiger partial charge in [0.15, 0.2) is 0 Å². The van der Waals surface area contributed by atoms with Gasteiger partial charge in [0.1, 0.15) is 5.01 Å². The number of amides is 2. The van der Waals surface area contributed by atoms with Crippen LogP contribution in [0.5, 0.6) is 0 Å². The number of benzene rings is 1. The second-order valence-corrected chi connectivity index (χ2v) is 8.64. The van der Waals surface area contributed by atoms with E-state index in [1.807, 2.05) is 5.38 Å². The summed E-state index contributed by atoms with van der Waals surface area (Å²) >= 11 is 1.57. The van der Waals surface area contributed by atoms with Crippen LogP contribution in [0, 0.1) is 0 Å². The molecule has 1 aliphatic heterocycles. The average Bonchev–Trinajstić information content (AvgIpc) is 3.18. The summed E-state index contributed by atoms with van der Waals surface area (Å²) in [5.74, 6) is -0.0964. The molecule has 0 aliphatic carbocycles. The first kappa shape index (κ1) is 22.4. The lowest BCUT2D eigenvalue weighted by molar-refractivity contribution is -0.120. The van der Waals surface area contributed by atoms with Crippen LogP contribution in [0.3, 0.4) is 0 Å². The van der Waals surface area contributed by atoms with Crippen molar-refractivity contribution in [2.45, 2.75) is 26.3 Å². The smallest absolute Gasteiger partial charge is 0.226 e. The molecule has 0 unspecified atom stereocenters. The highest BCUT2D eigenvalue weighted by Crippen LogP contribution is 2.24. The van der Waals surface area contributed by atoms with Crippen molar-refractivity contribution in [3.8, 4) is 10.6 Å². The lowest BCUT2D eigenvalue weighted by atomic mass is 10.1. The fraction of sp³-hybridized carbons (Fsp3) is 0.500. The Balaban J connectivity index is 1.44. The molecule has 1 aromatic heterocycles. The van der Waals surface area contributed by atoms with Crippen LogP contribution in [0.2, 0.25) is 0 Å². The average molecular weight is 430 g/mol. The van der Waals surface area contributed by atoms with E-state index in [0.29, 0.717) is 19.5 Å². The Bertz CT molecular complexity index is 828. The van der Waals surface area contributed by atoms with Crippen molar-refractivity contribution in [1.29, 1.82) is 0 Å². The molecule has 2 aromatic rings. The van der Waals surface area contributed by atoms with Crippen LogP contribution in [0.25, 0.3) is 10.6 Å². The molecular weight excluding hydrogens is 398 g/mol. The molecule has 0 spiro atoms. The molecular formula is C22H31N5O2S. The van der Waals surface area contributed by atoms with Gasteiger partial charge in [0.25, 0.3) is 0 Å². The van der Waals surface area contributed by atoms with Crippen LogP contribution in [-0.4, -0.2) is 72.9 Å². The number of hydrogen-bond donors (Lipinski definition) is 2. The molecule has 2 heterocycles. The van der Waals surface area contributed by atoms with Gasteiger partial charge in [-0.3, -0.25) is 14.5 Å². The monoisotopic (exact) mass is 429 g/mol. The molecule has 0 atom stereocenters. The highest BCUT2D eigenvalue weighted by Gasteiger charge is 2.14. The molecule has 162 valence electrons. The molecule has 0 saturated carbocycles. The summed E-state index contributed by atoms with van der Waals surface area (Å²) in [7, 11) is 2.17. The predicted molar refractivity (Wildman–Crippen MR) is 120 cm³/mol. The number of likely N-dealkylation sites (N-methyl/N-ethyl adjacent to an activating group) is 1. The van der Waals surface area contributed by atoms with Crippen molar-refractivity contribution in [3.05, 3.63) is 40.9 Å². The van der Waals surface area contributed by atoms with Crippen LogP contribution < -0.4 is 10.6 Å². The molecule has 2 amide bonds. The summed E-state index contributed by atoms with van der Waals surface area (Å²) in [6.07, 6.45) is 0.992. The SMILES string of the molecule is CC(=O)NCCCNC(=O)Cc1csc(-c2ccc(CN3CCN(C)CC3)cc2)n1. The summed E-state index contributed by atoms with van der Waals surface area (Å²) in [6.45, 7) is 8.07. The summed E-state index contributed by atoms with van der Waals surface area (Å²) in [4.78, 5) is 32.4. The van der Waals surface area contributed by atoms with E-state index in [1.165, 1.54) is 12.5 Å². The number of piperazine rings is 1. The zero-order chi connectivity index (χ0) is 21.3. The van der Waals surface area contributed by atoms with Gasteiger partial charge < -0.3 is 15.5 Å². The van der Waals surface area contributed by atoms with Crippen molar-refractivity contribution >= 4 is 23.2 Å². The van der Waals surface area contributed by atoms with E-state index in [4.69, 9.17) is 0 Å². The van der Waals surface area contributed by atoms with Gasteiger partial charge in [-0.25, -0.2) is 4.98 Å². The largest absolute Gasteiger partial charge is 0.356 e. The molecule has 8 heteroatoms. The molecule has 1 saturated heterocycles. The maximum Gasteiger partial charge on any atom is 0.226 e. The second kappa shape index (κ2) is 11.2. The third-order valence-electron chi connectivity index (χ3n) is 5.15. The van der Waals surface area contributed by atoms with E-state index in [0.717, 1.165) is 49.0 Å². The number of rotatable bonds is 9. The van der Waals surface area contributed by atoms with Gasteiger partial charge in [0.2, 0.25) is 11.8 Å². The Morgan fingerprint density at radius 3 is 2.47 bits per heavy atom. The van der Waals surface area contributed by atoms with Crippen molar-refractivity contribution in [1.82, 2.24) is 25.4 Å². The van der Waals surface area contributed by atoms with E-state index in [-0.39, 0.29) is 18.2 Å². The van der Waals surface area contributed by atoms with E-state index >= 15 is 0 Å². The first-order valence-electron chi connectivity index (χ1n) is 10.5. The fourth-order valence-corrected chi connectivity index (χ4v) is 4.17. The first-order chi connectivity index (χ1) is 14.5. The summed E-state index contributed by atoms with van der Waals surface area (Å²) in [6, 6.07) is 8.60. The Morgan fingerprint density at radius 2 is 1.77 bits per heavy atom. The second-order valence-electron chi connectivity index (χ2n) is 7.78. The van der Waals surface area contributed by atoms with E-state index < -0.39 is 0 Å². The highest BCUT2D eigenvalue weighted by molar-refractivity contribution is 7.13. The van der Waals surface area contributed by atoms with Gasteiger partial charge in [-0.05, 0) is 19.0 Å². The number of thiazole rings is 1. The fourth-order valence-electron chi connectivity index (χ4n) is 3.35.